The van der Waals surface area contributed by atoms with Gasteiger partial charge in [0.05, 0.1) is 0 Å². The van der Waals surface area contributed by atoms with Crippen LogP contribution in [0.4, 0.5) is 0 Å². The first-order chi connectivity index (χ1) is 9.29. The van der Waals surface area contributed by atoms with E-state index >= 15 is 0 Å². The summed E-state index contributed by atoms with van der Waals surface area (Å²) >= 11 is 0. The standard InChI is InChI=1S/C15H20N2O2/c16-7-5-11-6-8-17(9-11)15(18)13-10-19-14-4-2-1-3-12(13)14/h1-4,11,13H,5-10,16H2. The Balaban J connectivity index is 1.69. The fraction of sp³-hybridized carbons (Fsp3) is 0.533. The Morgan fingerprint density at radius 1 is 1.42 bits per heavy atom. The average Bonchev–Trinajstić information content (AvgIpc) is 3.05. The molecule has 1 aromatic rings. The molecule has 4 heteroatoms. The maximum Gasteiger partial charge on any atom is 0.233 e. The molecule has 2 unspecified atom stereocenters. The van der Waals surface area contributed by atoms with Crippen molar-refractivity contribution >= 4 is 5.91 Å². The molecule has 1 fully saturated rings. The Bertz CT molecular complexity index is 475. The summed E-state index contributed by atoms with van der Waals surface area (Å²) in [4.78, 5) is 14.6. The summed E-state index contributed by atoms with van der Waals surface area (Å²) in [7, 11) is 0. The van der Waals surface area contributed by atoms with Crippen LogP contribution in [-0.4, -0.2) is 37.0 Å². The van der Waals surface area contributed by atoms with Crippen molar-refractivity contribution in [3.8, 4) is 5.75 Å². The molecule has 2 aliphatic heterocycles. The van der Waals surface area contributed by atoms with Crippen molar-refractivity contribution in [1.29, 1.82) is 0 Å². The Morgan fingerprint density at radius 3 is 3.11 bits per heavy atom. The SMILES string of the molecule is NCCC1CCN(C(=O)C2COc3ccccc32)C1. The predicted octanol–water partition coefficient (Wildman–Crippen LogP) is 1.36. The van der Waals surface area contributed by atoms with Crippen LogP contribution < -0.4 is 10.5 Å². The molecule has 0 aliphatic carbocycles. The molecule has 19 heavy (non-hydrogen) atoms. The Hall–Kier alpha value is -1.55. The molecule has 2 heterocycles. The lowest BCUT2D eigenvalue weighted by atomic mass is 10.00. The van der Waals surface area contributed by atoms with Gasteiger partial charge in [0.1, 0.15) is 18.3 Å². The molecule has 102 valence electrons. The van der Waals surface area contributed by atoms with Crippen LogP contribution in [0.1, 0.15) is 24.3 Å². The topological polar surface area (TPSA) is 55.6 Å². The van der Waals surface area contributed by atoms with Gasteiger partial charge in [0, 0.05) is 18.7 Å². The molecule has 0 saturated carbocycles. The lowest BCUT2D eigenvalue weighted by molar-refractivity contribution is -0.132. The number of nitrogens with zero attached hydrogens (tertiary/aromatic N) is 1. The maximum absolute atomic E-state index is 12.6. The largest absolute Gasteiger partial charge is 0.492 e. The molecule has 2 N–H and O–H groups in total. The van der Waals surface area contributed by atoms with E-state index in [2.05, 4.69) is 0 Å². The molecule has 1 amide bonds. The number of carbonyl (C=O) groups is 1. The molecular formula is C15H20N2O2. The minimum absolute atomic E-state index is 0.118. The summed E-state index contributed by atoms with van der Waals surface area (Å²) in [6.07, 6.45) is 2.10. The van der Waals surface area contributed by atoms with Gasteiger partial charge in [0.2, 0.25) is 5.91 Å². The van der Waals surface area contributed by atoms with Gasteiger partial charge in [0.25, 0.3) is 0 Å². The normalized spacial score (nSPS) is 25.2. The first-order valence-electron chi connectivity index (χ1n) is 7.00. The van der Waals surface area contributed by atoms with E-state index in [1.165, 1.54) is 0 Å². The van der Waals surface area contributed by atoms with Crippen molar-refractivity contribution in [2.75, 3.05) is 26.2 Å². The van der Waals surface area contributed by atoms with Crippen LogP contribution in [0.3, 0.4) is 0 Å². The van der Waals surface area contributed by atoms with Crippen LogP contribution in [-0.2, 0) is 4.79 Å². The number of hydrogen-bond donors (Lipinski definition) is 1. The average molecular weight is 260 g/mol. The van der Waals surface area contributed by atoms with Crippen molar-refractivity contribution in [3.63, 3.8) is 0 Å². The first kappa shape index (κ1) is 12.5. The third-order valence-corrected chi connectivity index (χ3v) is 4.17. The van der Waals surface area contributed by atoms with Crippen LogP contribution in [0.15, 0.2) is 24.3 Å². The van der Waals surface area contributed by atoms with Crippen LogP contribution in [0.5, 0.6) is 5.75 Å². The molecule has 1 aromatic carbocycles. The zero-order valence-corrected chi connectivity index (χ0v) is 11.0. The number of fused-ring (bicyclic) bond motifs is 1. The van der Waals surface area contributed by atoms with Crippen molar-refractivity contribution in [1.82, 2.24) is 4.90 Å². The highest BCUT2D eigenvalue weighted by Gasteiger charge is 2.35. The summed E-state index contributed by atoms with van der Waals surface area (Å²) in [6, 6.07) is 7.84. The van der Waals surface area contributed by atoms with Gasteiger partial charge in [-0.1, -0.05) is 18.2 Å². The number of amides is 1. The van der Waals surface area contributed by atoms with Gasteiger partial charge in [-0.3, -0.25) is 4.79 Å². The third-order valence-electron chi connectivity index (χ3n) is 4.17. The van der Waals surface area contributed by atoms with E-state index in [1.807, 2.05) is 29.2 Å². The number of nitrogens with two attached hydrogens (primary N) is 1. The van der Waals surface area contributed by atoms with E-state index in [0.29, 0.717) is 19.1 Å². The Morgan fingerprint density at radius 2 is 2.26 bits per heavy atom. The van der Waals surface area contributed by atoms with Crippen molar-refractivity contribution in [3.05, 3.63) is 29.8 Å². The van der Waals surface area contributed by atoms with Crippen molar-refractivity contribution in [2.45, 2.75) is 18.8 Å². The van der Waals surface area contributed by atoms with Crippen LogP contribution >= 0.6 is 0 Å². The number of para-hydroxylation sites is 1. The Kier molecular flexibility index (Phi) is 3.42. The summed E-state index contributed by atoms with van der Waals surface area (Å²) in [5.74, 6) is 1.53. The van der Waals surface area contributed by atoms with Gasteiger partial charge in [-0.15, -0.1) is 0 Å². The van der Waals surface area contributed by atoms with Gasteiger partial charge in [-0.05, 0) is 31.4 Å². The zero-order valence-electron chi connectivity index (χ0n) is 11.0. The number of likely N-dealkylation sites (tertiary alicyclic amines) is 1. The van der Waals surface area contributed by atoms with Crippen molar-refractivity contribution < 1.29 is 9.53 Å². The fourth-order valence-electron chi connectivity index (χ4n) is 3.09. The lowest BCUT2D eigenvalue weighted by Gasteiger charge is -2.20. The minimum Gasteiger partial charge on any atom is -0.492 e. The number of ether oxygens (including phenoxy) is 1. The summed E-state index contributed by atoms with van der Waals surface area (Å²) in [5.41, 5.74) is 6.63. The lowest BCUT2D eigenvalue weighted by Crippen LogP contribution is -2.34. The first-order valence-corrected chi connectivity index (χ1v) is 7.00. The van der Waals surface area contributed by atoms with E-state index in [-0.39, 0.29) is 11.8 Å². The summed E-state index contributed by atoms with van der Waals surface area (Å²) in [5, 5.41) is 0. The van der Waals surface area contributed by atoms with Gasteiger partial charge in [-0.2, -0.15) is 0 Å². The zero-order chi connectivity index (χ0) is 13.2. The molecule has 0 aromatic heterocycles. The quantitative estimate of drug-likeness (QED) is 0.892. The van der Waals surface area contributed by atoms with Crippen LogP contribution in [0, 0.1) is 5.92 Å². The molecule has 3 rings (SSSR count). The van der Waals surface area contributed by atoms with E-state index in [9.17, 15) is 4.79 Å². The Labute approximate surface area is 113 Å². The molecule has 0 radical (unpaired) electrons. The number of carbonyl (C=O) groups excluding carboxylic acids is 1. The molecule has 0 bridgehead atoms. The predicted molar refractivity (Wildman–Crippen MR) is 73.0 cm³/mol. The van der Waals surface area contributed by atoms with Crippen LogP contribution in [0.2, 0.25) is 0 Å². The fourth-order valence-corrected chi connectivity index (χ4v) is 3.09. The summed E-state index contributed by atoms with van der Waals surface area (Å²) < 4.78 is 5.60. The maximum atomic E-state index is 12.6. The van der Waals surface area contributed by atoms with Gasteiger partial charge >= 0.3 is 0 Å². The van der Waals surface area contributed by atoms with Gasteiger partial charge in [0.15, 0.2) is 0 Å². The summed E-state index contributed by atoms with van der Waals surface area (Å²) in [6.45, 7) is 2.91. The van der Waals surface area contributed by atoms with E-state index in [1.54, 1.807) is 0 Å². The number of hydrogen-bond acceptors (Lipinski definition) is 3. The minimum atomic E-state index is -0.118. The number of rotatable bonds is 3. The number of benzene rings is 1. The van der Waals surface area contributed by atoms with E-state index in [0.717, 1.165) is 37.2 Å². The second kappa shape index (κ2) is 5.21. The highest BCUT2D eigenvalue weighted by molar-refractivity contribution is 5.85. The molecule has 2 atom stereocenters. The molecule has 4 nitrogen and oxygen atoms in total. The second-order valence-electron chi connectivity index (χ2n) is 5.42. The van der Waals surface area contributed by atoms with Gasteiger partial charge < -0.3 is 15.4 Å². The molecule has 2 aliphatic rings. The molecule has 1 saturated heterocycles. The third kappa shape index (κ3) is 2.32. The van der Waals surface area contributed by atoms with Crippen molar-refractivity contribution in [2.24, 2.45) is 11.7 Å². The van der Waals surface area contributed by atoms with Gasteiger partial charge in [-0.25, -0.2) is 0 Å². The smallest absolute Gasteiger partial charge is 0.233 e. The second-order valence-corrected chi connectivity index (χ2v) is 5.42. The van der Waals surface area contributed by atoms with E-state index in [4.69, 9.17) is 10.5 Å². The molecule has 0 spiro atoms. The monoisotopic (exact) mass is 260 g/mol. The molecular weight excluding hydrogens is 240 g/mol. The highest BCUT2D eigenvalue weighted by Crippen LogP contribution is 2.35. The van der Waals surface area contributed by atoms with E-state index < -0.39 is 0 Å². The van der Waals surface area contributed by atoms with Crippen LogP contribution in [0.25, 0.3) is 0 Å². The highest BCUT2D eigenvalue weighted by atomic mass is 16.5.